The summed E-state index contributed by atoms with van der Waals surface area (Å²) in [5.41, 5.74) is 0.187. The minimum absolute atomic E-state index is 0.0108. The van der Waals surface area contributed by atoms with Crippen LogP contribution in [0, 0.1) is 0 Å². The number of aliphatic hydroxyl groups excluding tert-OH is 3. The summed E-state index contributed by atoms with van der Waals surface area (Å²) in [5.74, 6) is -0.414. The van der Waals surface area contributed by atoms with Gasteiger partial charge in [0.15, 0.2) is 6.29 Å². The first kappa shape index (κ1) is 21.1. The van der Waals surface area contributed by atoms with E-state index in [-0.39, 0.29) is 28.0 Å². The van der Waals surface area contributed by atoms with Crippen molar-refractivity contribution >= 4 is 11.0 Å². The van der Waals surface area contributed by atoms with E-state index in [1.807, 2.05) is 0 Å². The van der Waals surface area contributed by atoms with Crippen molar-refractivity contribution in [1.29, 1.82) is 0 Å². The lowest BCUT2D eigenvalue weighted by atomic mass is 10.0. The van der Waals surface area contributed by atoms with E-state index < -0.39 is 42.1 Å². The van der Waals surface area contributed by atoms with E-state index in [0.717, 1.165) is 6.07 Å². The van der Waals surface area contributed by atoms with Crippen LogP contribution in [0.3, 0.4) is 0 Å². The molecular weight excluding hydrogens is 412 g/mol. The molecule has 3 aromatic rings. The van der Waals surface area contributed by atoms with Crippen molar-refractivity contribution in [1.82, 2.24) is 0 Å². The second-order valence-corrected chi connectivity index (χ2v) is 7.04. The average molecular weight is 432 g/mol. The number of phenolic OH excluding ortho intramolecular Hbond substituents is 2. The van der Waals surface area contributed by atoms with Gasteiger partial charge < -0.3 is 44.2 Å². The zero-order chi connectivity index (χ0) is 22.3. The highest BCUT2D eigenvalue weighted by molar-refractivity contribution is 5.88. The minimum atomic E-state index is -1.61. The van der Waals surface area contributed by atoms with Gasteiger partial charge in [0, 0.05) is 19.2 Å². The summed E-state index contributed by atoms with van der Waals surface area (Å²) < 4.78 is 21.2. The van der Waals surface area contributed by atoms with Gasteiger partial charge in [0.05, 0.1) is 5.56 Å². The highest BCUT2D eigenvalue weighted by Gasteiger charge is 2.45. The van der Waals surface area contributed by atoms with E-state index in [1.165, 1.54) is 43.7 Å². The number of phenols is 2. The number of rotatable bonds is 4. The van der Waals surface area contributed by atoms with Gasteiger partial charge in [-0.25, -0.2) is 0 Å². The van der Waals surface area contributed by atoms with Crippen molar-refractivity contribution in [3.8, 4) is 28.4 Å². The largest absolute Gasteiger partial charge is 0.508 e. The standard InChI is InChI=1S/C21H20O10/c1-28-20-18(26)17(25)19(27)21(31-20)30-11-6-13(23)15-14(7-11)29-8-12(16(15)24)9-2-4-10(22)5-3-9/h2-8,17-23,25-27H,1H3/t17-,18-,19+,20-,21+/m0/s1. The van der Waals surface area contributed by atoms with Crippen molar-refractivity contribution in [2.45, 2.75) is 30.9 Å². The van der Waals surface area contributed by atoms with Gasteiger partial charge in [0.25, 0.3) is 0 Å². The Hall–Kier alpha value is -3.15. The summed E-state index contributed by atoms with van der Waals surface area (Å²) in [4.78, 5) is 12.9. The maximum Gasteiger partial charge on any atom is 0.231 e. The van der Waals surface area contributed by atoms with Gasteiger partial charge >= 0.3 is 0 Å². The molecule has 0 spiro atoms. The van der Waals surface area contributed by atoms with Crippen LogP contribution in [0.5, 0.6) is 17.2 Å². The summed E-state index contributed by atoms with van der Waals surface area (Å²) in [6.45, 7) is 0. The third kappa shape index (κ3) is 3.82. The molecule has 0 radical (unpaired) electrons. The van der Waals surface area contributed by atoms with Crippen molar-refractivity contribution < 1.29 is 44.2 Å². The molecule has 2 aromatic carbocycles. The molecule has 164 valence electrons. The Bertz CT molecular complexity index is 1140. The Labute approximate surface area is 175 Å². The topological polar surface area (TPSA) is 159 Å². The number of hydrogen-bond donors (Lipinski definition) is 5. The first-order chi connectivity index (χ1) is 14.8. The molecule has 4 rings (SSSR count). The van der Waals surface area contributed by atoms with Crippen LogP contribution < -0.4 is 10.2 Å². The van der Waals surface area contributed by atoms with Crippen LogP contribution in [0.25, 0.3) is 22.1 Å². The SMILES string of the molecule is CO[C@H]1O[C@@H](Oc2cc(O)c3c(=O)c(-c4ccc(O)cc4)coc3c2)[C@H](O)[C@@H](O)[C@@H]1O. The molecule has 5 atom stereocenters. The summed E-state index contributed by atoms with van der Waals surface area (Å²) in [7, 11) is 1.25. The molecule has 1 saturated heterocycles. The monoisotopic (exact) mass is 432 g/mol. The van der Waals surface area contributed by atoms with Gasteiger partial charge in [-0.1, -0.05) is 12.1 Å². The van der Waals surface area contributed by atoms with Crippen LogP contribution in [-0.4, -0.2) is 63.5 Å². The maximum absolute atomic E-state index is 12.9. The number of fused-ring (bicyclic) bond motifs is 1. The van der Waals surface area contributed by atoms with Gasteiger partial charge in [-0.05, 0) is 17.7 Å². The molecular formula is C21H20O10. The summed E-state index contributed by atoms with van der Waals surface area (Å²) in [6.07, 6.45) is -6.15. The molecule has 2 heterocycles. The van der Waals surface area contributed by atoms with Crippen LogP contribution in [0.15, 0.2) is 51.9 Å². The second-order valence-electron chi connectivity index (χ2n) is 7.04. The zero-order valence-corrected chi connectivity index (χ0v) is 16.2. The molecule has 31 heavy (non-hydrogen) atoms. The van der Waals surface area contributed by atoms with Crippen molar-refractivity contribution in [3.05, 3.63) is 52.9 Å². The number of aromatic hydroxyl groups is 2. The van der Waals surface area contributed by atoms with Crippen LogP contribution in [-0.2, 0) is 9.47 Å². The number of aliphatic hydroxyl groups is 3. The van der Waals surface area contributed by atoms with Crippen molar-refractivity contribution in [2.24, 2.45) is 0 Å². The fourth-order valence-electron chi connectivity index (χ4n) is 3.36. The van der Waals surface area contributed by atoms with E-state index in [2.05, 4.69) is 0 Å². The van der Waals surface area contributed by atoms with Crippen LogP contribution >= 0.6 is 0 Å². The number of benzene rings is 2. The first-order valence-corrected chi connectivity index (χ1v) is 9.27. The lowest BCUT2D eigenvalue weighted by molar-refractivity contribution is -0.327. The van der Waals surface area contributed by atoms with Crippen LogP contribution in [0.2, 0.25) is 0 Å². The molecule has 0 amide bonds. The molecule has 0 bridgehead atoms. The zero-order valence-electron chi connectivity index (χ0n) is 16.2. The van der Waals surface area contributed by atoms with Gasteiger partial charge in [-0.3, -0.25) is 4.79 Å². The second kappa shape index (κ2) is 8.17. The van der Waals surface area contributed by atoms with E-state index in [1.54, 1.807) is 0 Å². The van der Waals surface area contributed by atoms with E-state index in [4.69, 9.17) is 18.6 Å². The third-order valence-electron chi connectivity index (χ3n) is 5.02. The van der Waals surface area contributed by atoms with Gasteiger partial charge in [0.2, 0.25) is 11.7 Å². The minimum Gasteiger partial charge on any atom is -0.508 e. The Morgan fingerprint density at radius 3 is 2.29 bits per heavy atom. The quantitative estimate of drug-likeness (QED) is 0.396. The highest BCUT2D eigenvalue weighted by Crippen LogP contribution is 2.32. The summed E-state index contributed by atoms with van der Waals surface area (Å²) >= 11 is 0. The fraction of sp³-hybridized carbons (Fsp3) is 0.286. The lowest BCUT2D eigenvalue weighted by Gasteiger charge is -2.39. The predicted molar refractivity (Wildman–Crippen MR) is 106 cm³/mol. The first-order valence-electron chi connectivity index (χ1n) is 9.27. The molecule has 0 saturated carbocycles. The number of hydrogen-bond acceptors (Lipinski definition) is 10. The van der Waals surface area contributed by atoms with E-state index >= 15 is 0 Å². The third-order valence-corrected chi connectivity index (χ3v) is 5.02. The molecule has 10 heteroatoms. The fourth-order valence-corrected chi connectivity index (χ4v) is 3.36. The van der Waals surface area contributed by atoms with Crippen molar-refractivity contribution in [3.63, 3.8) is 0 Å². The average Bonchev–Trinajstić information content (AvgIpc) is 2.75. The molecule has 1 aliphatic rings. The van der Waals surface area contributed by atoms with Crippen LogP contribution in [0.4, 0.5) is 0 Å². The lowest BCUT2D eigenvalue weighted by Crippen LogP contribution is -2.59. The van der Waals surface area contributed by atoms with Crippen LogP contribution in [0.1, 0.15) is 0 Å². The molecule has 1 aromatic heterocycles. The van der Waals surface area contributed by atoms with E-state index in [0.29, 0.717) is 5.56 Å². The molecule has 10 nitrogen and oxygen atoms in total. The predicted octanol–water partition coefficient (Wildman–Crippen LogP) is 0.661. The van der Waals surface area contributed by atoms with Crippen molar-refractivity contribution in [2.75, 3.05) is 7.11 Å². The van der Waals surface area contributed by atoms with Gasteiger partial charge in [-0.15, -0.1) is 0 Å². The molecule has 1 aliphatic heterocycles. The molecule has 5 N–H and O–H groups in total. The highest BCUT2D eigenvalue weighted by atomic mass is 16.8. The van der Waals surface area contributed by atoms with Gasteiger partial charge in [0.1, 0.15) is 52.8 Å². The number of ether oxygens (including phenoxy) is 3. The Balaban J connectivity index is 1.68. The Morgan fingerprint density at radius 1 is 0.935 bits per heavy atom. The van der Waals surface area contributed by atoms with Gasteiger partial charge in [-0.2, -0.15) is 0 Å². The Kier molecular flexibility index (Phi) is 5.56. The maximum atomic E-state index is 12.9. The number of methoxy groups -OCH3 is 1. The smallest absolute Gasteiger partial charge is 0.231 e. The molecule has 0 aliphatic carbocycles. The molecule has 0 unspecified atom stereocenters. The van der Waals surface area contributed by atoms with E-state index in [9.17, 15) is 30.3 Å². The normalized spacial score (nSPS) is 26.1. The summed E-state index contributed by atoms with van der Waals surface area (Å²) in [5, 5.41) is 49.7. The summed E-state index contributed by atoms with van der Waals surface area (Å²) in [6, 6.07) is 8.36. The Morgan fingerprint density at radius 2 is 1.61 bits per heavy atom. The molecule has 1 fully saturated rings.